The summed E-state index contributed by atoms with van der Waals surface area (Å²) in [6.07, 6.45) is 0.484. The lowest BCUT2D eigenvalue weighted by Gasteiger charge is -2.38. The third-order valence-electron chi connectivity index (χ3n) is 5.97. The Morgan fingerprint density at radius 3 is 2.50 bits per heavy atom. The Bertz CT molecular complexity index is 1060. The van der Waals surface area contributed by atoms with E-state index in [1.54, 1.807) is 0 Å². The number of nitrogens with one attached hydrogen (secondary N) is 2. The first-order valence-corrected chi connectivity index (χ1v) is 12.1. The Morgan fingerprint density at radius 1 is 1.25 bits per heavy atom. The number of cyclic esters (lactones) is 1. The van der Waals surface area contributed by atoms with Crippen LogP contribution in [0.4, 0.5) is 16.4 Å². The largest absolute Gasteiger partial charge is 0.483 e. The van der Waals surface area contributed by atoms with Gasteiger partial charge in [0.25, 0.3) is 6.47 Å². The topological polar surface area (TPSA) is 137 Å². The van der Waals surface area contributed by atoms with Crippen molar-refractivity contribution in [2.45, 2.75) is 38.8 Å². The summed E-state index contributed by atoms with van der Waals surface area (Å²) in [5, 5.41) is 13.6. The molecule has 12 heteroatoms. The molecule has 2 aliphatic heterocycles. The number of aromatic nitrogens is 2. The highest BCUT2D eigenvalue weighted by molar-refractivity contribution is 6.30. The summed E-state index contributed by atoms with van der Waals surface area (Å²) in [6, 6.07) is 7.77. The Morgan fingerprint density at radius 2 is 1.89 bits per heavy atom. The second kappa shape index (κ2) is 12.5. The molecular weight excluding hydrogens is 488 g/mol. The van der Waals surface area contributed by atoms with Crippen molar-refractivity contribution in [3.63, 3.8) is 0 Å². The van der Waals surface area contributed by atoms with E-state index in [0.29, 0.717) is 43.6 Å². The van der Waals surface area contributed by atoms with Crippen LogP contribution in [0.2, 0.25) is 5.02 Å². The SMILES string of the molecule is CC(C)NC[C@@H](C(=O)N1CCN(c2ncnc3c2[C@@H](C)OC(=O)N3)CC1)c1ccc(Cl)cc1.O=CO. The summed E-state index contributed by atoms with van der Waals surface area (Å²) < 4.78 is 5.30. The van der Waals surface area contributed by atoms with Crippen LogP contribution in [-0.2, 0) is 14.3 Å². The minimum Gasteiger partial charge on any atom is -0.483 e. The van der Waals surface area contributed by atoms with Crippen LogP contribution in [0.1, 0.15) is 43.9 Å². The molecule has 2 aliphatic rings. The number of halogens is 1. The zero-order chi connectivity index (χ0) is 26.2. The number of rotatable bonds is 6. The van der Waals surface area contributed by atoms with E-state index in [1.807, 2.05) is 36.1 Å². The highest BCUT2D eigenvalue weighted by Gasteiger charge is 2.33. The summed E-state index contributed by atoms with van der Waals surface area (Å²) >= 11 is 6.06. The minimum absolute atomic E-state index is 0.0961. The van der Waals surface area contributed by atoms with Gasteiger partial charge in [0.05, 0.1) is 11.5 Å². The van der Waals surface area contributed by atoms with Crippen molar-refractivity contribution >= 4 is 41.7 Å². The number of ether oxygens (including phenoxy) is 1. The van der Waals surface area contributed by atoms with Crippen molar-refractivity contribution in [3.8, 4) is 0 Å². The number of hydrogen-bond donors (Lipinski definition) is 3. The second-order valence-electron chi connectivity index (χ2n) is 8.72. The third kappa shape index (κ3) is 6.61. The smallest absolute Gasteiger partial charge is 0.413 e. The normalized spacial score (nSPS) is 17.8. The van der Waals surface area contributed by atoms with Crippen molar-refractivity contribution < 1.29 is 24.2 Å². The molecule has 194 valence electrons. The number of benzene rings is 1. The molecule has 36 heavy (non-hydrogen) atoms. The average Bonchev–Trinajstić information content (AvgIpc) is 2.85. The van der Waals surface area contributed by atoms with E-state index in [0.717, 1.165) is 16.9 Å². The van der Waals surface area contributed by atoms with Gasteiger partial charge < -0.3 is 25.0 Å². The van der Waals surface area contributed by atoms with Gasteiger partial charge in [-0.15, -0.1) is 0 Å². The zero-order valence-corrected chi connectivity index (χ0v) is 21.2. The molecule has 0 unspecified atom stereocenters. The Kier molecular flexibility index (Phi) is 9.43. The van der Waals surface area contributed by atoms with Gasteiger partial charge >= 0.3 is 6.09 Å². The van der Waals surface area contributed by atoms with E-state index in [1.165, 1.54) is 6.33 Å². The van der Waals surface area contributed by atoms with E-state index in [-0.39, 0.29) is 24.3 Å². The minimum atomic E-state index is -0.515. The Hall–Kier alpha value is -3.44. The molecule has 4 rings (SSSR count). The molecule has 11 nitrogen and oxygen atoms in total. The lowest BCUT2D eigenvalue weighted by Crippen LogP contribution is -2.51. The standard InChI is InChI=1S/C23H29ClN6O3.CH2O2/c1-14(2)25-12-18(16-4-6-17(24)7-5-16)22(31)30-10-8-29(9-11-30)21-19-15(3)33-23(32)28-20(19)26-13-27-21;2-1-3/h4-7,13-15,18,25H,8-12H2,1-3H3,(H,26,27,28,32);1H,(H,2,3)/t15-,18-;/m1./s1. The molecule has 2 atom stereocenters. The van der Waals surface area contributed by atoms with Gasteiger partial charge in [0, 0.05) is 43.8 Å². The summed E-state index contributed by atoms with van der Waals surface area (Å²) in [5.41, 5.74) is 1.71. The fraction of sp³-hybridized carbons (Fsp3) is 0.458. The van der Waals surface area contributed by atoms with Gasteiger partial charge in [0.2, 0.25) is 5.91 Å². The first-order valence-electron chi connectivity index (χ1n) is 11.7. The summed E-state index contributed by atoms with van der Waals surface area (Å²) in [6.45, 7) is 8.65. The number of carbonyl (C=O) groups is 3. The van der Waals surface area contributed by atoms with Gasteiger partial charge in [0.15, 0.2) is 0 Å². The fourth-order valence-corrected chi connectivity index (χ4v) is 4.34. The molecular formula is C24H31ClN6O5. The molecule has 0 bridgehead atoms. The molecule has 1 aromatic heterocycles. The monoisotopic (exact) mass is 518 g/mol. The van der Waals surface area contributed by atoms with E-state index in [2.05, 4.69) is 39.3 Å². The van der Waals surface area contributed by atoms with Crippen LogP contribution >= 0.6 is 11.6 Å². The lowest BCUT2D eigenvalue weighted by molar-refractivity contribution is -0.133. The molecule has 3 N–H and O–H groups in total. The van der Waals surface area contributed by atoms with Gasteiger partial charge in [-0.1, -0.05) is 37.6 Å². The van der Waals surface area contributed by atoms with Gasteiger partial charge in [-0.25, -0.2) is 14.8 Å². The Labute approximate surface area is 214 Å². The van der Waals surface area contributed by atoms with Gasteiger partial charge in [-0.05, 0) is 24.6 Å². The third-order valence-corrected chi connectivity index (χ3v) is 6.22. The predicted molar refractivity (Wildman–Crippen MR) is 135 cm³/mol. The van der Waals surface area contributed by atoms with Crippen molar-refractivity contribution in [3.05, 3.63) is 46.7 Å². The van der Waals surface area contributed by atoms with Crippen molar-refractivity contribution in [2.24, 2.45) is 0 Å². The fourth-order valence-electron chi connectivity index (χ4n) is 4.21. The number of anilines is 2. The molecule has 0 aliphatic carbocycles. The number of fused-ring (bicyclic) bond motifs is 1. The maximum atomic E-state index is 13.5. The van der Waals surface area contributed by atoms with Crippen molar-refractivity contribution in [1.82, 2.24) is 20.2 Å². The second-order valence-corrected chi connectivity index (χ2v) is 9.15. The van der Waals surface area contributed by atoms with Crippen molar-refractivity contribution in [2.75, 3.05) is 42.9 Å². The molecule has 0 spiro atoms. The van der Waals surface area contributed by atoms with E-state index >= 15 is 0 Å². The van der Waals surface area contributed by atoms with Gasteiger partial charge in [-0.3, -0.25) is 14.9 Å². The highest BCUT2D eigenvalue weighted by Crippen LogP contribution is 2.35. The number of piperazine rings is 1. The molecule has 1 saturated heterocycles. The van der Waals surface area contributed by atoms with Crippen LogP contribution in [0.3, 0.4) is 0 Å². The van der Waals surface area contributed by atoms with Crippen LogP contribution < -0.4 is 15.5 Å². The molecule has 0 saturated carbocycles. The highest BCUT2D eigenvalue weighted by atomic mass is 35.5. The summed E-state index contributed by atoms with van der Waals surface area (Å²) in [4.78, 5) is 46.2. The molecule has 2 amide bonds. The summed E-state index contributed by atoms with van der Waals surface area (Å²) in [7, 11) is 0. The predicted octanol–water partition coefficient (Wildman–Crippen LogP) is 2.88. The van der Waals surface area contributed by atoms with Crippen LogP contribution in [0, 0.1) is 0 Å². The maximum Gasteiger partial charge on any atom is 0.413 e. The molecule has 0 radical (unpaired) electrons. The molecule has 3 heterocycles. The number of carboxylic acid groups (broad SMARTS) is 1. The zero-order valence-electron chi connectivity index (χ0n) is 20.5. The number of nitrogens with zero attached hydrogens (tertiary/aromatic N) is 4. The van der Waals surface area contributed by atoms with E-state index in [9.17, 15) is 9.59 Å². The van der Waals surface area contributed by atoms with Gasteiger partial charge in [-0.2, -0.15) is 0 Å². The quantitative estimate of drug-likeness (QED) is 0.493. The van der Waals surface area contributed by atoms with E-state index in [4.69, 9.17) is 26.2 Å². The Balaban J connectivity index is 0.00000115. The number of carbonyl (C=O) groups excluding carboxylic acids is 2. The first kappa shape index (κ1) is 27.2. The molecule has 2 aromatic rings. The van der Waals surface area contributed by atoms with Gasteiger partial charge in [0.1, 0.15) is 24.1 Å². The maximum absolute atomic E-state index is 13.5. The first-order chi connectivity index (χ1) is 17.2. The summed E-state index contributed by atoms with van der Waals surface area (Å²) in [5.74, 6) is 1.02. The van der Waals surface area contributed by atoms with Crippen molar-refractivity contribution in [1.29, 1.82) is 0 Å². The van der Waals surface area contributed by atoms with Crippen LogP contribution in [0.15, 0.2) is 30.6 Å². The van der Waals surface area contributed by atoms with Crippen LogP contribution in [0.5, 0.6) is 0 Å². The van der Waals surface area contributed by atoms with Crippen LogP contribution in [-0.4, -0.2) is 77.2 Å². The number of hydrogen-bond acceptors (Lipinski definition) is 8. The number of amides is 2. The van der Waals surface area contributed by atoms with Crippen LogP contribution in [0.25, 0.3) is 0 Å². The van der Waals surface area contributed by atoms with E-state index < -0.39 is 12.2 Å². The average molecular weight is 519 g/mol. The molecule has 1 fully saturated rings. The molecule has 1 aromatic carbocycles. The lowest BCUT2D eigenvalue weighted by atomic mass is 9.96.